The van der Waals surface area contributed by atoms with E-state index >= 15 is 0 Å². The van der Waals surface area contributed by atoms with Gasteiger partial charge in [0, 0.05) is 16.8 Å². The van der Waals surface area contributed by atoms with Crippen LogP contribution in [0.15, 0.2) is 65.8 Å². The van der Waals surface area contributed by atoms with E-state index in [9.17, 15) is 4.79 Å². The zero-order valence-corrected chi connectivity index (χ0v) is 19.5. The predicted octanol–water partition coefficient (Wildman–Crippen LogP) is 6.08. The summed E-state index contributed by atoms with van der Waals surface area (Å²) in [5.74, 6) is 0.330. The maximum atomic E-state index is 13.4. The molecule has 3 aromatic rings. The molecule has 2 heterocycles. The fourth-order valence-electron chi connectivity index (χ4n) is 4.15. The highest BCUT2D eigenvalue weighted by atomic mass is 32.2. The Labute approximate surface area is 188 Å². The largest absolute Gasteiger partial charge is 0.302 e. The molecule has 0 saturated heterocycles. The van der Waals surface area contributed by atoms with E-state index in [0.29, 0.717) is 5.16 Å². The second-order valence-electron chi connectivity index (χ2n) is 8.56. The molecule has 31 heavy (non-hydrogen) atoms. The first-order valence-electron chi connectivity index (χ1n) is 10.4. The molecule has 0 spiro atoms. The van der Waals surface area contributed by atoms with Gasteiger partial charge in [-0.2, -0.15) is 0 Å². The summed E-state index contributed by atoms with van der Waals surface area (Å²) in [6.07, 6.45) is 2.17. The van der Waals surface area contributed by atoms with Gasteiger partial charge in [-0.15, -0.1) is 0 Å². The summed E-state index contributed by atoms with van der Waals surface area (Å²) in [6, 6.07) is 18.3. The van der Waals surface area contributed by atoms with Crippen molar-refractivity contribution < 1.29 is 4.79 Å². The normalized spacial score (nSPS) is 14.7. The molecule has 1 aliphatic heterocycles. The minimum Gasteiger partial charge on any atom is -0.302 e. The molecule has 0 fully saturated rings. The molecule has 4 nitrogen and oxygen atoms in total. The highest BCUT2D eigenvalue weighted by molar-refractivity contribution is 7.99. The second-order valence-corrected chi connectivity index (χ2v) is 9.51. The third kappa shape index (κ3) is 4.42. The number of amides is 1. The van der Waals surface area contributed by atoms with Crippen molar-refractivity contribution in [3.63, 3.8) is 0 Å². The maximum absolute atomic E-state index is 13.4. The van der Waals surface area contributed by atoms with Gasteiger partial charge in [-0.1, -0.05) is 59.8 Å². The molecule has 5 heteroatoms. The standard InChI is InChI=1S/C26H27N3OS/c1-17-11-12-23-21(13-17)18(2)15-26(4,5)29(23)24(30)16-31-25-27-19(3)14-22(28-25)20-9-7-6-8-10-20/h6-15H,16H2,1-5H3. The lowest BCUT2D eigenvalue weighted by atomic mass is 9.88. The summed E-state index contributed by atoms with van der Waals surface area (Å²) < 4.78 is 0. The topological polar surface area (TPSA) is 46.1 Å². The lowest BCUT2D eigenvalue weighted by Crippen LogP contribution is -2.49. The predicted molar refractivity (Wildman–Crippen MR) is 129 cm³/mol. The Hall–Kier alpha value is -2.92. The number of aromatic nitrogens is 2. The summed E-state index contributed by atoms with van der Waals surface area (Å²) in [6.45, 7) is 10.3. The van der Waals surface area contributed by atoms with E-state index in [0.717, 1.165) is 28.2 Å². The van der Waals surface area contributed by atoms with E-state index < -0.39 is 5.54 Å². The van der Waals surface area contributed by atoms with Gasteiger partial charge < -0.3 is 4.90 Å². The van der Waals surface area contributed by atoms with Crippen LogP contribution in [-0.4, -0.2) is 27.2 Å². The van der Waals surface area contributed by atoms with E-state index in [-0.39, 0.29) is 11.7 Å². The average molecular weight is 430 g/mol. The highest BCUT2D eigenvalue weighted by Crippen LogP contribution is 2.39. The van der Waals surface area contributed by atoms with Crippen LogP contribution in [0.4, 0.5) is 5.69 Å². The minimum atomic E-state index is -0.396. The van der Waals surface area contributed by atoms with Crippen molar-refractivity contribution in [3.05, 3.63) is 77.5 Å². The average Bonchev–Trinajstić information content (AvgIpc) is 2.72. The van der Waals surface area contributed by atoms with Crippen LogP contribution in [0.1, 0.15) is 37.6 Å². The van der Waals surface area contributed by atoms with E-state index in [2.05, 4.69) is 57.0 Å². The summed E-state index contributed by atoms with van der Waals surface area (Å²) in [7, 11) is 0. The number of hydrogen-bond donors (Lipinski definition) is 0. The second kappa shape index (κ2) is 8.31. The number of rotatable bonds is 4. The lowest BCUT2D eigenvalue weighted by Gasteiger charge is -2.41. The quantitative estimate of drug-likeness (QED) is 0.372. The number of carbonyl (C=O) groups is 1. The van der Waals surface area contributed by atoms with Crippen LogP contribution in [0.2, 0.25) is 0 Å². The van der Waals surface area contributed by atoms with Crippen molar-refractivity contribution in [2.75, 3.05) is 10.7 Å². The van der Waals surface area contributed by atoms with Crippen molar-refractivity contribution in [1.82, 2.24) is 9.97 Å². The van der Waals surface area contributed by atoms with E-state index in [1.807, 2.05) is 48.2 Å². The van der Waals surface area contributed by atoms with E-state index in [1.54, 1.807) is 0 Å². The van der Waals surface area contributed by atoms with Crippen molar-refractivity contribution in [1.29, 1.82) is 0 Å². The van der Waals surface area contributed by atoms with Gasteiger partial charge in [0.2, 0.25) is 5.91 Å². The fourth-order valence-corrected chi connectivity index (χ4v) is 4.91. The lowest BCUT2D eigenvalue weighted by molar-refractivity contribution is -0.116. The smallest absolute Gasteiger partial charge is 0.238 e. The molecule has 0 unspecified atom stereocenters. The van der Waals surface area contributed by atoms with Gasteiger partial charge >= 0.3 is 0 Å². The minimum absolute atomic E-state index is 0.0511. The van der Waals surface area contributed by atoms with Crippen LogP contribution in [0.5, 0.6) is 0 Å². The molecule has 158 valence electrons. The summed E-state index contributed by atoms with van der Waals surface area (Å²) in [5, 5.41) is 0.623. The third-order valence-corrected chi connectivity index (χ3v) is 6.27. The van der Waals surface area contributed by atoms with Gasteiger partial charge in [-0.3, -0.25) is 4.79 Å². The zero-order valence-electron chi connectivity index (χ0n) is 18.6. The fraction of sp³-hybridized carbons (Fsp3) is 0.269. The van der Waals surface area contributed by atoms with E-state index in [1.165, 1.54) is 22.9 Å². The number of aryl methyl sites for hydroxylation is 2. The Morgan fingerprint density at radius 2 is 1.74 bits per heavy atom. The summed E-state index contributed by atoms with van der Waals surface area (Å²) >= 11 is 1.39. The number of nitrogens with zero attached hydrogens (tertiary/aromatic N) is 3. The van der Waals surface area contributed by atoms with Crippen LogP contribution < -0.4 is 4.90 Å². The summed E-state index contributed by atoms with van der Waals surface area (Å²) in [4.78, 5) is 24.6. The molecule has 2 aromatic carbocycles. The van der Waals surface area contributed by atoms with Crippen LogP contribution in [-0.2, 0) is 4.79 Å². The van der Waals surface area contributed by atoms with Crippen LogP contribution in [0.3, 0.4) is 0 Å². The van der Waals surface area contributed by atoms with Crippen molar-refractivity contribution in [2.24, 2.45) is 0 Å². The molecule has 0 bridgehead atoms. The first-order valence-corrected chi connectivity index (χ1v) is 11.4. The first kappa shape index (κ1) is 21.3. The molecule has 4 rings (SSSR count). The molecular formula is C26H27N3OS. The zero-order chi connectivity index (χ0) is 22.2. The highest BCUT2D eigenvalue weighted by Gasteiger charge is 2.35. The Kier molecular flexibility index (Phi) is 5.71. The maximum Gasteiger partial charge on any atom is 0.238 e. The SMILES string of the molecule is CC1=CC(C)(C)N(C(=O)CSc2nc(C)cc(-c3ccccc3)n2)c2ccc(C)cc21. The molecule has 0 aliphatic carbocycles. The number of anilines is 1. The third-order valence-electron chi connectivity index (χ3n) is 5.44. The number of hydrogen-bond acceptors (Lipinski definition) is 4. The van der Waals surface area contributed by atoms with Gasteiger partial charge in [0.05, 0.1) is 22.7 Å². The monoisotopic (exact) mass is 429 g/mol. The number of carbonyl (C=O) groups excluding carboxylic acids is 1. The molecule has 1 aromatic heterocycles. The first-order chi connectivity index (χ1) is 14.7. The van der Waals surface area contributed by atoms with Crippen LogP contribution >= 0.6 is 11.8 Å². The van der Waals surface area contributed by atoms with Crippen LogP contribution in [0, 0.1) is 13.8 Å². The molecule has 0 N–H and O–H groups in total. The summed E-state index contributed by atoms with van der Waals surface area (Å²) in [5.41, 5.74) is 6.90. The Morgan fingerprint density at radius 1 is 1.00 bits per heavy atom. The molecule has 1 aliphatic rings. The number of benzene rings is 2. The van der Waals surface area contributed by atoms with Gasteiger partial charge in [0.25, 0.3) is 0 Å². The molecule has 0 atom stereocenters. The number of allylic oxidation sites excluding steroid dienone is 1. The van der Waals surface area contributed by atoms with Gasteiger partial charge in [0.15, 0.2) is 5.16 Å². The Morgan fingerprint density at radius 3 is 2.48 bits per heavy atom. The molecule has 0 radical (unpaired) electrons. The van der Waals surface area contributed by atoms with Gasteiger partial charge in [-0.25, -0.2) is 9.97 Å². The van der Waals surface area contributed by atoms with Gasteiger partial charge in [-0.05, 0) is 58.4 Å². The van der Waals surface area contributed by atoms with Crippen LogP contribution in [0.25, 0.3) is 16.8 Å². The van der Waals surface area contributed by atoms with E-state index in [4.69, 9.17) is 4.98 Å². The van der Waals surface area contributed by atoms with Crippen molar-refractivity contribution in [3.8, 4) is 11.3 Å². The van der Waals surface area contributed by atoms with Gasteiger partial charge in [0.1, 0.15) is 0 Å². The molecular weight excluding hydrogens is 402 g/mol. The molecule has 0 saturated carbocycles. The molecule has 1 amide bonds. The van der Waals surface area contributed by atoms with Crippen molar-refractivity contribution >= 4 is 28.9 Å². The number of fused-ring (bicyclic) bond motifs is 1. The number of thioether (sulfide) groups is 1. The Bertz CT molecular complexity index is 1170. The van der Waals surface area contributed by atoms with Crippen molar-refractivity contribution in [2.45, 2.75) is 45.3 Å². The Balaban J connectivity index is 1.59.